The third kappa shape index (κ3) is 6.84. The SMILES string of the molecule is CN=C(NCCOC)NCC1CCCCCCC1. The molecular formula is C14H29N3O. The van der Waals surface area contributed by atoms with Gasteiger partial charge in [0.25, 0.3) is 0 Å². The summed E-state index contributed by atoms with van der Waals surface area (Å²) in [4.78, 5) is 4.23. The first-order valence-corrected chi connectivity index (χ1v) is 7.30. The molecule has 0 aliphatic heterocycles. The minimum atomic E-state index is 0.712. The van der Waals surface area contributed by atoms with E-state index in [0.717, 1.165) is 25.0 Å². The highest BCUT2D eigenvalue weighted by atomic mass is 16.5. The van der Waals surface area contributed by atoms with Crippen LogP contribution in [0.5, 0.6) is 0 Å². The standard InChI is InChI=1S/C14H29N3O/c1-15-14(16-10-11-18-2)17-12-13-8-6-4-3-5-7-9-13/h13H,3-12H2,1-2H3,(H2,15,16,17). The zero-order valence-electron chi connectivity index (χ0n) is 12.0. The Bertz CT molecular complexity index is 223. The van der Waals surface area contributed by atoms with E-state index in [9.17, 15) is 0 Å². The van der Waals surface area contributed by atoms with Crippen LogP contribution in [0.3, 0.4) is 0 Å². The van der Waals surface area contributed by atoms with E-state index < -0.39 is 0 Å². The number of hydrogen-bond acceptors (Lipinski definition) is 2. The fourth-order valence-electron chi connectivity index (χ4n) is 2.48. The number of nitrogens with one attached hydrogen (secondary N) is 2. The molecule has 1 aliphatic rings. The number of methoxy groups -OCH3 is 1. The lowest BCUT2D eigenvalue weighted by molar-refractivity contribution is 0.203. The van der Waals surface area contributed by atoms with E-state index in [0.29, 0.717) is 6.61 Å². The first-order chi connectivity index (χ1) is 8.86. The van der Waals surface area contributed by atoms with Crippen LogP contribution in [0.25, 0.3) is 0 Å². The van der Waals surface area contributed by atoms with Gasteiger partial charge >= 0.3 is 0 Å². The van der Waals surface area contributed by atoms with Crippen molar-refractivity contribution in [2.24, 2.45) is 10.9 Å². The second kappa shape index (κ2) is 10.2. The molecule has 4 nitrogen and oxygen atoms in total. The van der Waals surface area contributed by atoms with Crippen LogP contribution in [0.15, 0.2) is 4.99 Å². The van der Waals surface area contributed by atoms with Crippen molar-refractivity contribution in [3.8, 4) is 0 Å². The quantitative estimate of drug-likeness (QED) is 0.449. The monoisotopic (exact) mass is 255 g/mol. The Balaban J connectivity index is 2.19. The highest BCUT2D eigenvalue weighted by Gasteiger charge is 2.11. The molecule has 1 saturated carbocycles. The molecule has 1 fully saturated rings. The molecule has 0 aromatic heterocycles. The van der Waals surface area contributed by atoms with Gasteiger partial charge in [-0.25, -0.2) is 0 Å². The number of hydrogen-bond donors (Lipinski definition) is 2. The summed E-state index contributed by atoms with van der Waals surface area (Å²) in [7, 11) is 3.53. The van der Waals surface area contributed by atoms with Gasteiger partial charge in [-0.2, -0.15) is 0 Å². The van der Waals surface area contributed by atoms with Gasteiger partial charge in [0.2, 0.25) is 0 Å². The van der Waals surface area contributed by atoms with E-state index >= 15 is 0 Å². The molecule has 0 spiro atoms. The van der Waals surface area contributed by atoms with Crippen molar-refractivity contribution >= 4 is 5.96 Å². The van der Waals surface area contributed by atoms with Gasteiger partial charge in [-0.1, -0.05) is 32.1 Å². The zero-order valence-corrected chi connectivity index (χ0v) is 12.0. The molecule has 0 radical (unpaired) electrons. The van der Waals surface area contributed by atoms with Crippen LogP contribution in [0.1, 0.15) is 44.9 Å². The molecule has 1 rings (SSSR count). The van der Waals surface area contributed by atoms with Crippen LogP contribution < -0.4 is 10.6 Å². The topological polar surface area (TPSA) is 45.7 Å². The molecule has 0 amide bonds. The Morgan fingerprint density at radius 3 is 2.39 bits per heavy atom. The lowest BCUT2D eigenvalue weighted by atomic mass is 9.91. The van der Waals surface area contributed by atoms with Gasteiger partial charge in [-0.05, 0) is 18.8 Å². The molecule has 0 saturated heterocycles. The largest absolute Gasteiger partial charge is 0.383 e. The lowest BCUT2D eigenvalue weighted by Gasteiger charge is -2.21. The number of ether oxygens (including phenoxy) is 1. The fourth-order valence-corrected chi connectivity index (χ4v) is 2.48. The maximum Gasteiger partial charge on any atom is 0.191 e. The van der Waals surface area contributed by atoms with E-state index in [4.69, 9.17) is 4.74 Å². The van der Waals surface area contributed by atoms with Crippen LogP contribution >= 0.6 is 0 Å². The summed E-state index contributed by atoms with van der Waals surface area (Å²) < 4.78 is 5.02. The predicted octanol–water partition coefficient (Wildman–Crippen LogP) is 2.16. The number of guanidine groups is 1. The molecule has 18 heavy (non-hydrogen) atoms. The summed E-state index contributed by atoms with van der Waals surface area (Å²) in [6, 6.07) is 0. The van der Waals surface area contributed by atoms with Crippen molar-refractivity contribution in [3.63, 3.8) is 0 Å². The molecule has 0 aromatic carbocycles. The number of nitrogens with zero attached hydrogens (tertiary/aromatic N) is 1. The predicted molar refractivity (Wildman–Crippen MR) is 77.0 cm³/mol. The third-order valence-corrected chi connectivity index (χ3v) is 3.61. The average Bonchev–Trinajstić information content (AvgIpc) is 2.35. The average molecular weight is 255 g/mol. The minimum absolute atomic E-state index is 0.712. The molecule has 0 bridgehead atoms. The van der Waals surface area contributed by atoms with Crippen molar-refractivity contribution in [3.05, 3.63) is 0 Å². The minimum Gasteiger partial charge on any atom is -0.383 e. The van der Waals surface area contributed by atoms with Gasteiger partial charge in [0.1, 0.15) is 0 Å². The van der Waals surface area contributed by atoms with Crippen molar-refractivity contribution in [1.82, 2.24) is 10.6 Å². The maximum absolute atomic E-state index is 5.02. The molecule has 0 atom stereocenters. The van der Waals surface area contributed by atoms with Crippen LogP contribution in [0.4, 0.5) is 0 Å². The molecule has 0 aromatic rings. The van der Waals surface area contributed by atoms with Crippen LogP contribution in [0.2, 0.25) is 0 Å². The Hall–Kier alpha value is -0.770. The third-order valence-electron chi connectivity index (χ3n) is 3.61. The summed E-state index contributed by atoms with van der Waals surface area (Å²) in [6.07, 6.45) is 9.77. The highest BCUT2D eigenvalue weighted by molar-refractivity contribution is 5.79. The highest BCUT2D eigenvalue weighted by Crippen LogP contribution is 2.21. The summed E-state index contributed by atoms with van der Waals surface area (Å²) in [5, 5.41) is 6.68. The van der Waals surface area contributed by atoms with Crippen molar-refractivity contribution in [2.45, 2.75) is 44.9 Å². The van der Waals surface area contributed by atoms with Crippen LogP contribution in [-0.4, -0.2) is 39.8 Å². The molecule has 0 heterocycles. The van der Waals surface area contributed by atoms with E-state index in [1.807, 2.05) is 7.05 Å². The first kappa shape index (κ1) is 15.3. The lowest BCUT2D eigenvalue weighted by Crippen LogP contribution is -2.41. The number of rotatable bonds is 5. The van der Waals surface area contributed by atoms with Crippen LogP contribution in [-0.2, 0) is 4.74 Å². The second-order valence-corrected chi connectivity index (χ2v) is 5.08. The van der Waals surface area contributed by atoms with Gasteiger partial charge in [-0.15, -0.1) is 0 Å². The van der Waals surface area contributed by atoms with Gasteiger partial charge in [0.15, 0.2) is 5.96 Å². The van der Waals surface area contributed by atoms with Gasteiger partial charge in [-0.3, -0.25) is 4.99 Å². The van der Waals surface area contributed by atoms with Crippen molar-refractivity contribution in [2.75, 3.05) is 33.9 Å². The van der Waals surface area contributed by atoms with E-state index in [1.54, 1.807) is 7.11 Å². The summed E-state index contributed by atoms with van der Waals surface area (Å²) >= 11 is 0. The Morgan fingerprint density at radius 1 is 1.11 bits per heavy atom. The molecule has 1 aliphatic carbocycles. The maximum atomic E-state index is 5.02. The zero-order chi connectivity index (χ0) is 13.1. The van der Waals surface area contributed by atoms with E-state index in [2.05, 4.69) is 15.6 Å². The smallest absolute Gasteiger partial charge is 0.191 e. The molecule has 2 N–H and O–H groups in total. The summed E-state index contributed by atoms with van der Waals surface area (Å²) in [5.41, 5.74) is 0. The Labute approximate surface area is 112 Å². The number of aliphatic imine (C=N–C) groups is 1. The normalized spacial score (nSPS) is 19.1. The Kier molecular flexibility index (Phi) is 8.65. The van der Waals surface area contributed by atoms with E-state index in [1.165, 1.54) is 44.9 Å². The van der Waals surface area contributed by atoms with Gasteiger partial charge < -0.3 is 15.4 Å². The fraction of sp³-hybridized carbons (Fsp3) is 0.929. The summed E-state index contributed by atoms with van der Waals surface area (Å²) in [5.74, 6) is 1.71. The van der Waals surface area contributed by atoms with E-state index in [-0.39, 0.29) is 0 Å². The second-order valence-electron chi connectivity index (χ2n) is 5.08. The van der Waals surface area contributed by atoms with Crippen molar-refractivity contribution < 1.29 is 4.74 Å². The molecule has 4 heteroatoms. The first-order valence-electron chi connectivity index (χ1n) is 7.30. The van der Waals surface area contributed by atoms with Crippen LogP contribution in [0, 0.1) is 5.92 Å². The van der Waals surface area contributed by atoms with Crippen molar-refractivity contribution in [1.29, 1.82) is 0 Å². The Morgan fingerprint density at radius 2 is 1.78 bits per heavy atom. The van der Waals surface area contributed by atoms with Gasteiger partial charge in [0.05, 0.1) is 6.61 Å². The molecular weight excluding hydrogens is 226 g/mol. The summed E-state index contributed by atoms with van der Waals surface area (Å²) in [6.45, 7) is 2.57. The van der Waals surface area contributed by atoms with Gasteiger partial charge in [0, 0.05) is 27.2 Å². The molecule has 106 valence electrons. The molecule has 0 unspecified atom stereocenters.